The molecule has 108 valence electrons. The first-order valence-electron chi connectivity index (χ1n) is 7.55. The van der Waals surface area contributed by atoms with Gasteiger partial charge in [-0.3, -0.25) is 10.1 Å². The van der Waals surface area contributed by atoms with Crippen LogP contribution in [0.5, 0.6) is 0 Å². The molecule has 1 unspecified atom stereocenters. The van der Waals surface area contributed by atoms with Gasteiger partial charge in [0, 0.05) is 6.04 Å². The van der Waals surface area contributed by atoms with Gasteiger partial charge in [-0.15, -0.1) is 11.8 Å². The van der Waals surface area contributed by atoms with Gasteiger partial charge in [0.1, 0.15) is 5.50 Å². The molecule has 3 atom stereocenters. The van der Waals surface area contributed by atoms with Crippen LogP contribution in [0.4, 0.5) is 0 Å². The maximum atomic E-state index is 12.1. The number of hydrogen-bond acceptors (Lipinski definition) is 3. The Morgan fingerprint density at radius 1 is 1.47 bits per heavy atom. The van der Waals surface area contributed by atoms with Crippen molar-refractivity contribution in [3.8, 4) is 0 Å². The molecule has 4 heteroatoms. The second-order valence-corrected chi connectivity index (χ2v) is 7.40. The Morgan fingerprint density at radius 3 is 3.11 bits per heavy atom. The number of allylic oxidation sites excluding steroid dienone is 1. The van der Waals surface area contributed by atoms with Gasteiger partial charge in [0.25, 0.3) is 0 Å². The Balaban J connectivity index is 1.89. The Kier molecular flexibility index (Phi) is 5.34. The van der Waals surface area contributed by atoms with Gasteiger partial charge in [-0.25, -0.2) is 0 Å². The number of carbonyl (C=O) groups is 1. The van der Waals surface area contributed by atoms with Crippen LogP contribution in [0.2, 0.25) is 0 Å². The van der Waals surface area contributed by atoms with Crippen molar-refractivity contribution in [1.29, 1.82) is 0 Å². The maximum Gasteiger partial charge on any atom is 0.237 e. The van der Waals surface area contributed by atoms with Gasteiger partial charge in [0.05, 0.1) is 4.75 Å². The van der Waals surface area contributed by atoms with Gasteiger partial charge >= 0.3 is 0 Å². The molecule has 1 aliphatic carbocycles. The second kappa shape index (κ2) is 6.80. The zero-order chi connectivity index (χ0) is 13.7. The van der Waals surface area contributed by atoms with Gasteiger partial charge in [-0.05, 0) is 32.6 Å². The van der Waals surface area contributed by atoms with Crippen molar-refractivity contribution in [2.24, 2.45) is 0 Å². The van der Waals surface area contributed by atoms with Crippen LogP contribution in [0.1, 0.15) is 58.8 Å². The normalized spacial score (nSPS) is 37.5. The quantitative estimate of drug-likeness (QED) is 0.778. The lowest BCUT2D eigenvalue weighted by Crippen LogP contribution is -2.43. The zero-order valence-corrected chi connectivity index (χ0v) is 12.9. The fourth-order valence-corrected chi connectivity index (χ4v) is 4.25. The van der Waals surface area contributed by atoms with Crippen molar-refractivity contribution in [2.75, 3.05) is 0 Å². The Bertz CT molecular complexity index is 345. The van der Waals surface area contributed by atoms with Crippen molar-refractivity contribution in [3.63, 3.8) is 0 Å². The predicted molar refractivity (Wildman–Crippen MR) is 82.0 cm³/mol. The van der Waals surface area contributed by atoms with E-state index in [-0.39, 0.29) is 16.2 Å². The molecular weight excluding hydrogens is 256 g/mol. The molecule has 2 aliphatic rings. The van der Waals surface area contributed by atoms with E-state index in [4.69, 9.17) is 0 Å². The summed E-state index contributed by atoms with van der Waals surface area (Å²) in [5.74, 6) is 0.187. The number of hydrogen-bond donors (Lipinski definition) is 2. The SMILES string of the molecule is CCC[C@]1(C)SC(N[C@H]2/C=C/CCCCC2)NC1=O. The van der Waals surface area contributed by atoms with Crippen LogP contribution in [-0.4, -0.2) is 22.2 Å². The number of nitrogens with one attached hydrogen (secondary N) is 2. The predicted octanol–water partition coefficient (Wildman–Crippen LogP) is 3.17. The van der Waals surface area contributed by atoms with Gasteiger partial charge in [0.15, 0.2) is 0 Å². The molecule has 0 bridgehead atoms. The molecule has 1 amide bonds. The summed E-state index contributed by atoms with van der Waals surface area (Å²) in [4.78, 5) is 12.1. The fraction of sp³-hybridized carbons (Fsp3) is 0.800. The van der Waals surface area contributed by atoms with Crippen LogP contribution in [0, 0.1) is 0 Å². The van der Waals surface area contributed by atoms with Crippen molar-refractivity contribution in [1.82, 2.24) is 10.6 Å². The van der Waals surface area contributed by atoms with E-state index >= 15 is 0 Å². The summed E-state index contributed by atoms with van der Waals surface area (Å²) in [6.45, 7) is 4.20. The van der Waals surface area contributed by atoms with Crippen LogP contribution in [0.15, 0.2) is 12.2 Å². The molecular formula is C15H26N2OS. The molecule has 2 N–H and O–H groups in total. The van der Waals surface area contributed by atoms with E-state index in [2.05, 4.69) is 36.6 Å². The van der Waals surface area contributed by atoms with E-state index in [0.29, 0.717) is 6.04 Å². The van der Waals surface area contributed by atoms with Crippen LogP contribution >= 0.6 is 11.8 Å². The molecule has 19 heavy (non-hydrogen) atoms. The highest BCUT2D eigenvalue weighted by Crippen LogP contribution is 2.37. The van der Waals surface area contributed by atoms with Crippen LogP contribution in [-0.2, 0) is 4.79 Å². The molecule has 1 fully saturated rings. The molecule has 0 aromatic rings. The van der Waals surface area contributed by atoms with E-state index in [1.54, 1.807) is 11.8 Å². The van der Waals surface area contributed by atoms with Gasteiger partial charge in [-0.1, -0.05) is 38.3 Å². The number of amides is 1. The fourth-order valence-electron chi connectivity index (χ4n) is 2.83. The Morgan fingerprint density at radius 2 is 2.32 bits per heavy atom. The lowest BCUT2D eigenvalue weighted by atomic mass is 10.0. The standard InChI is InChI=1S/C15H26N2OS/c1-3-11-15(2)13(18)17-14(19-15)16-12-9-7-5-4-6-8-10-12/h7,9,12,14,16H,3-6,8,10-11H2,1-2H3,(H,17,18)/b9-7+/t12-,14?,15-/m0/s1. The topological polar surface area (TPSA) is 41.1 Å². The average Bonchev–Trinajstić information content (AvgIpc) is 2.58. The van der Waals surface area contributed by atoms with E-state index in [9.17, 15) is 4.79 Å². The van der Waals surface area contributed by atoms with E-state index in [0.717, 1.165) is 12.8 Å². The third kappa shape index (κ3) is 3.99. The third-order valence-electron chi connectivity index (χ3n) is 3.97. The summed E-state index contributed by atoms with van der Waals surface area (Å²) in [5.41, 5.74) is 0.0677. The smallest absolute Gasteiger partial charge is 0.237 e. The minimum atomic E-state index is -0.252. The molecule has 1 aliphatic heterocycles. The lowest BCUT2D eigenvalue weighted by molar-refractivity contribution is -0.122. The minimum absolute atomic E-state index is 0.0677. The molecule has 0 aromatic heterocycles. The van der Waals surface area contributed by atoms with Crippen molar-refractivity contribution in [2.45, 2.75) is 75.1 Å². The summed E-state index contributed by atoms with van der Waals surface area (Å²) in [5, 5.41) is 6.67. The first-order chi connectivity index (χ1) is 9.14. The van der Waals surface area contributed by atoms with E-state index in [1.807, 2.05) is 0 Å². The molecule has 0 saturated carbocycles. The minimum Gasteiger partial charge on any atom is -0.331 e. The van der Waals surface area contributed by atoms with Gasteiger partial charge in [-0.2, -0.15) is 0 Å². The van der Waals surface area contributed by atoms with E-state index < -0.39 is 0 Å². The van der Waals surface area contributed by atoms with Crippen LogP contribution < -0.4 is 10.6 Å². The highest BCUT2D eigenvalue weighted by atomic mass is 32.2. The summed E-state index contributed by atoms with van der Waals surface area (Å²) in [6, 6.07) is 0.405. The van der Waals surface area contributed by atoms with Crippen LogP contribution in [0.3, 0.4) is 0 Å². The summed E-state index contributed by atoms with van der Waals surface area (Å²) in [6.07, 6.45) is 12.8. The highest BCUT2D eigenvalue weighted by molar-refractivity contribution is 8.02. The van der Waals surface area contributed by atoms with E-state index in [1.165, 1.54) is 32.1 Å². The Hall–Kier alpha value is -0.480. The molecule has 2 rings (SSSR count). The molecule has 0 spiro atoms. The van der Waals surface area contributed by atoms with Gasteiger partial charge in [0.2, 0.25) is 5.91 Å². The average molecular weight is 282 g/mol. The monoisotopic (exact) mass is 282 g/mol. The third-order valence-corrected chi connectivity index (χ3v) is 5.37. The molecule has 3 nitrogen and oxygen atoms in total. The zero-order valence-electron chi connectivity index (χ0n) is 12.1. The first kappa shape index (κ1) is 14.9. The number of carbonyl (C=O) groups excluding carboxylic acids is 1. The molecule has 0 radical (unpaired) electrons. The van der Waals surface area contributed by atoms with Crippen LogP contribution in [0.25, 0.3) is 0 Å². The lowest BCUT2D eigenvalue weighted by Gasteiger charge is -2.22. The van der Waals surface area contributed by atoms with Crippen molar-refractivity contribution < 1.29 is 4.79 Å². The maximum absolute atomic E-state index is 12.1. The van der Waals surface area contributed by atoms with Gasteiger partial charge < -0.3 is 5.32 Å². The Labute approximate surface area is 121 Å². The summed E-state index contributed by atoms with van der Waals surface area (Å²) >= 11 is 1.75. The second-order valence-electron chi connectivity index (χ2n) is 5.79. The molecule has 1 heterocycles. The summed E-state index contributed by atoms with van der Waals surface area (Å²) < 4.78 is -0.252. The largest absolute Gasteiger partial charge is 0.331 e. The first-order valence-corrected chi connectivity index (χ1v) is 8.43. The van der Waals surface area contributed by atoms with Crippen molar-refractivity contribution >= 4 is 17.7 Å². The molecule has 0 aromatic carbocycles. The summed E-state index contributed by atoms with van der Waals surface area (Å²) in [7, 11) is 0. The molecule has 1 saturated heterocycles. The number of thioether (sulfide) groups is 1. The van der Waals surface area contributed by atoms with Crippen molar-refractivity contribution in [3.05, 3.63) is 12.2 Å². The number of rotatable bonds is 4. The highest BCUT2D eigenvalue weighted by Gasteiger charge is 2.43.